The molecular weight excluding hydrogens is 236 g/mol. The Bertz CT molecular complexity index is 418. The highest BCUT2D eigenvalue weighted by molar-refractivity contribution is 5.69. The zero-order valence-corrected chi connectivity index (χ0v) is 11.6. The van der Waals surface area contributed by atoms with Gasteiger partial charge in [-0.15, -0.1) is 0 Å². The Kier molecular flexibility index (Phi) is 7.33. The van der Waals surface area contributed by atoms with Gasteiger partial charge in [0.1, 0.15) is 0 Å². The standard InChI is InChI=1S/C17H22O2/c1-3-19-17(18)14-13-15(2)9-7-8-12-16-10-5-4-6-11-16/h4-7,9-11H,2-3,8,12-14H2,1H3/b9-7-. The van der Waals surface area contributed by atoms with E-state index in [2.05, 4.69) is 36.9 Å². The lowest BCUT2D eigenvalue weighted by atomic mass is 10.1. The van der Waals surface area contributed by atoms with Gasteiger partial charge in [0.05, 0.1) is 6.61 Å². The van der Waals surface area contributed by atoms with Crippen LogP contribution in [0.5, 0.6) is 0 Å². The summed E-state index contributed by atoms with van der Waals surface area (Å²) in [6.07, 6.45) is 7.21. The van der Waals surface area contributed by atoms with E-state index in [9.17, 15) is 4.79 Å². The van der Waals surface area contributed by atoms with Crippen LogP contribution in [0.1, 0.15) is 31.7 Å². The Morgan fingerprint density at radius 2 is 2.00 bits per heavy atom. The summed E-state index contributed by atoms with van der Waals surface area (Å²) in [5, 5.41) is 0. The molecule has 0 radical (unpaired) electrons. The third-order valence-electron chi connectivity index (χ3n) is 2.75. The summed E-state index contributed by atoms with van der Waals surface area (Å²) in [6.45, 7) is 6.20. The Morgan fingerprint density at radius 3 is 2.68 bits per heavy atom. The van der Waals surface area contributed by atoms with Crippen molar-refractivity contribution in [3.8, 4) is 0 Å². The van der Waals surface area contributed by atoms with E-state index >= 15 is 0 Å². The molecule has 0 atom stereocenters. The first kappa shape index (κ1) is 15.2. The van der Waals surface area contributed by atoms with E-state index < -0.39 is 0 Å². The van der Waals surface area contributed by atoms with Crippen molar-refractivity contribution in [2.45, 2.75) is 32.6 Å². The molecule has 1 aromatic carbocycles. The van der Waals surface area contributed by atoms with Crippen LogP contribution < -0.4 is 0 Å². The second kappa shape index (κ2) is 9.15. The molecule has 19 heavy (non-hydrogen) atoms. The van der Waals surface area contributed by atoms with Crippen molar-refractivity contribution in [3.05, 3.63) is 60.2 Å². The van der Waals surface area contributed by atoms with Gasteiger partial charge in [0.15, 0.2) is 0 Å². The Balaban J connectivity index is 2.18. The van der Waals surface area contributed by atoms with E-state index in [0.717, 1.165) is 18.4 Å². The summed E-state index contributed by atoms with van der Waals surface area (Å²) in [5.41, 5.74) is 2.31. The molecule has 0 unspecified atom stereocenters. The minimum atomic E-state index is -0.152. The fraction of sp³-hybridized carbons (Fsp3) is 0.353. The Hall–Kier alpha value is -1.83. The molecule has 102 valence electrons. The molecule has 1 aromatic rings. The molecule has 0 aromatic heterocycles. The first-order valence-corrected chi connectivity index (χ1v) is 6.76. The molecule has 1 rings (SSSR count). The van der Waals surface area contributed by atoms with Crippen molar-refractivity contribution in [3.63, 3.8) is 0 Å². The first-order valence-electron chi connectivity index (χ1n) is 6.76. The van der Waals surface area contributed by atoms with Crippen molar-refractivity contribution < 1.29 is 9.53 Å². The van der Waals surface area contributed by atoms with Gasteiger partial charge in [-0.05, 0) is 31.7 Å². The predicted octanol–water partition coefficient (Wildman–Crippen LogP) is 4.07. The molecule has 0 aliphatic carbocycles. The highest BCUT2D eigenvalue weighted by Crippen LogP contribution is 2.08. The quantitative estimate of drug-likeness (QED) is 0.519. The predicted molar refractivity (Wildman–Crippen MR) is 78.9 cm³/mol. The van der Waals surface area contributed by atoms with Crippen LogP contribution in [0, 0.1) is 0 Å². The van der Waals surface area contributed by atoms with Crippen molar-refractivity contribution in [2.24, 2.45) is 0 Å². The summed E-state index contributed by atoms with van der Waals surface area (Å²) in [5.74, 6) is -0.152. The fourth-order valence-electron chi connectivity index (χ4n) is 1.72. The normalized spacial score (nSPS) is 10.6. The average molecular weight is 258 g/mol. The molecule has 0 spiro atoms. The van der Waals surface area contributed by atoms with Crippen molar-refractivity contribution >= 4 is 5.97 Å². The van der Waals surface area contributed by atoms with Crippen LogP contribution in [0.3, 0.4) is 0 Å². The molecule has 0 amide bonds. The summed E-state index contributed by atoms with van der Waals surface area (Å²) in [7, 11) is 0. The van der Waals surface area contributed by atoms with Gasteiger partial charge >= 0.3 is 5.97 Å². The largest absolute Gasteiger partial charge is 0.466 e. The highest BCUT2D eigenvalue weighted by atomic mass is 16.5. The first-order chi connectivity index (χ1) is 9.22. The number of esters is 1. The minimum absolute atomic E-state index is 0.152. The molecule has 0 N–H and O–H groups in total. The molecule has 0 saturated carbocycles. The minimum Gasteiger partial charge on any atom is -0.466 e. The smallest absolute Gasteiger partial charge is 0.306 e. The number of carbonyl (C=O) groups excluding carboxylic acids is 1. The third kappa shape index (κ3) is 7.24. The van der Waals surface area contributed by atoms with Crippen LogP contribution in [0.15, 0.2) is 54.6 Å². The maximum atomic E-state index is 11.2. The average Bonchev–Trinajstić information content (AvgIpc) is 2.43. The summed E-state index contributed by atoms with van der Waals surface area (Å²) in [4.78, 5) is 11.2. The number of hydrogen-bond acceptors (Lipinski definition) is 2. The van der Waals surface area contributed by atoms with Gasteiger partial charge in [0, 0.05) is 6.42 Å². The van der Waals surface area contributed by atoms with E-state index in [0.29, 0.717) is 19.4 Å². The Morgan fingerprint density at radius 1 is 1.26 bits per heavy atom. The second-order valence-corrected chi connectivity index (χ2v) is 4.39. The number of carbonyl (C=O) groups is 1. The summed E-state index contributed by atoms with van der Waals surface area (Å²) < 4.78 is 4.87. The summed E-state index contributed by atoms with van der Waals surface area (Å²) >= 11 is 0. The van der Waals surface area contributed by atoms with E-state index in [4.69, 9.17) is 4.74 Å². The SMILES string of the molecule is C=C(/C=C\CCc1ccccc1)CCC(=O)OCC. The number of aryl methyl sites for hydroxylation is 1. The summed E-state index contributed by atoms with van der Waals surface area (Å²) in [6, 6.07) is 10.4. The fourth-order valence-corrected chi connectivity index (χ4v) is 1.72. The second-order valence-electron chi connectivity index (χ2n) is 4.39. The number of benzene rings is 1. The van der Waals surface area contributed by atoms with Gasteiger partial charge < -0.3 is 4.74 Å². The number of ether oxygens (including phenoxy) is 1. The van der Waals surface area contributed by atoms with Crippen LogP contribution in [0.25, 0.3) is 0 Å². The molecule has 0 fully saturated rings. The topological polar surface area (TPSA) is 26.3 Å². The van der Waals surface area contributed by atoms with Crippen LogP contribution in [-0.4, -0.2) is 12.6 Å². The molecule has 0 saturated heterocycles. The van der Waals surface area contributed by atoms with E-state index in [1.54, 1.807) is 0 Å². The van der Waals surface area contributed by atoms with Gasteiger partial charge in [-0.25, -0.2) is 0 Å². The lowest BCUT2D eigenvalue weighted by Gasteiger charge is -2.01. The molecule has 0 heterocycles. The highest BCUT2D eigenvalue weighted by Gasteiger charge is 2.01. The van der Waals surface area contributed by atoms with E-state index in [-0.39, 0.29) is 5.97 Å². The third-order valence-corrected chi connectivity index (χ3v) is 2.75. The molecule has 0 aliphatic heterocycles. The van der Waals surface area contributed by atoms with E-state index in [1.807, 2.05) is 19.1 Å². The van der Waals surface area contributed by atoms with Gasteiger partial charge in [-0.1, -0.05) is 54.6 Å². The van der Waals surface area contributed by atoms with Crippen molar-refractivity contribution in [2.75, 3.05) is 6.61 Å². The molecule has 2 heteroatoms. The van der Waals surface area contributed by atoms with Gasteiger partial charge in [-0.3, -0.25) is 4.79 Å². The van der Waals surface area contributed by atoms with Gasteiger partial charge in [-0.2, -0.15) is 0 Å². The van der Waals surface area contributed by atoms with E-state index in [1.165, 1.54) is 5.56 Å². The monoisotopic (exact) mass is 258 g/mol. The molecular formula is C17H22O2. The number of allylic oxidation sites excluding steroid dienone is 3. The maximum Gasteiger partial charge on any atom is 0.306 e. The van der Waals surface area contributed by atoms with Crippen molar-refractivity contribution in [1.29, 1.82) is 0 Å². The lowest BCUT2D eigenvalue weighted by molar-refractivity contribution is -0.143. The lowest BCUT2D eigenvalue weighted by Crippen LogP contribution is -2.03. The zero-order chi connectivity index (χ0) is 13.9. The molecule has 0 aliphatic rings. The molecule has 0 bridgehead atoms. The molecule has 2 nitrogen and oxygen atoms in total. The zero-order valence-electron chi connectivity index (χ0n) is 11.6. The van der Waals surface area contributed by atoms with Crippen LogP contribution in [0.4, 0.5) is 0 Å². The Labute approximate surface area is 115 Å². The van der Waals surface area contributed by atoms with Gasteiger partial charge in [0.25, 0.3) is 0 Å². The van der Waals surface area contributed by atoms with Gasteiger partial charge in [0.2, 0.25) is 0 Å². The van der Waals surface area contributed by atoms with Crippen LogP contribution in [-0.2, 0) is 16.0 Å². The maximum absolute atomic E-state index is 11.2. The number of hydrogen-bond donors (Lipinski definition) is 0. The number of rotatable bonds is 8. The van der Waals surface area contributed by atoms with Crippen LogP contribution >= 0.6 is 0 Å². The van der Waals surface area contributed by atoms with Crippen LogP contribution in [0.2, 0.25) is 0 Å². The van der Waals surface area contributed by atoms with Crippen molar-refractivity contribution in [1.82, 2.24) is 0 Å².